The van der Waals surface area contributed by atoms with Crippen molar-refractivity contribution in [1.82, 2.24) is 5.43 Å². The molecule has 0 fully saturated rings. The number of hydrogen-bond donors (Lipinski definition) is 2. The maximum Gasteiger partial charge on any atom is 0.288 e. The van der Waals surface area contributed by atoms with Crippen LogP contribution < -0.4 is 5.43 Å². The number of benzene rings is 2. The molecule has 0 atom stereocenters. The summed E-state index contributed by atoms with van der Waals surface area (Å²) < 4.78 is 0. The summed E-state index contributed by atoms with van der Waals surface area (Å²) in [6.07, 6.45) is 0. The van der Waals surface area contributed by atoms with Crippen LogP contribution in [0.15, 0.2) is 47.6 Å². The Morgan fingerprint density at radius 1 is 1.22 bits per heavy atom. The SMILES string of the molecule is C/C(=N\NC(=O)c1ccc(Cl)c([N+](=O)[O-])c1)c1ccc(O)cc1. The maximum atomic E-state index is 12.0. The van der Waals surface area contributed by atoms with Crippen LogP contribution in [-0.2, 0) is 0 Å². The number of nitro groups is 1. The summed E-state index contributed by atoms with van der Waals surface area (Å²) in [6, 6.07) is 10.0. The highest BCUT2D eigenvalue weighted by molar-refractivity contribution is 6.32. The first-order chi connectivity index (χ1) is 10.9. The van der Waals surface area contributed by atoms with Crippen molar-refractivity contribution >= 4 is 28.9 Å². The van der Waals surface area contributed by atoms with Gasteiger partial charge in [-0.2, -0.15) is 5.10 Å². The van der Waals surface area contributed by atoms with Crippen LogP contribution in [-0.4, -0.2) is 21.6 Å². The second kappa shape index (κ2) is 6.89. The molecule has 7 nitrogen and oxygen atoms in total. The number of hydrogen-bond acceptors (Lipinski definition) is 5. The number of aromatic hydroxyl groups is 1. The quantitative estimate of drug-likeness (QED) is 0.509. The van der Waals surface area contributed by atoms with Gasteiger partial charge in [-0.25, -0.2) is 5.43 Å². The lowest BCUT2D eigenvalue weighted by Crippen LogP contribution is -2.19. The van der Waals surface area contributed by atoms with Crippen molar-refractivity contribution in [2.45, 2.75) is 6.92 Å². The van der Waals surface area contributed by atoms with Gasteiger partial charge >= 0.3 is 0 Å². The lowest BCUT2D eigenvalue weighted by Gasteiger charge is -2.04. The van der Waals surface area contributed by atoms with Gasteiger partial charge in [-0.15, -0.1) is 0 Å². The van der Waals surface area contributed by atoms with Gasteiger partial charge in [0.15, 0.2) is 0 Å². The molecule has 2 aromatic carbocycles. The molecular weight excluding hydrogens is 322 g/mol. The minimum Gasteiger partial charge on any atom is -0.508 e. The Morgan fingerprint density at radius 2 is 1.83 bits per heavy atom. The van der Waals surface area contributed by atoms with Crippen molar-refractivity contribution in [2.75, 3.05) is 0 Å². The lowest BCUT2D eigenvalue weighted by molar-refractivity contribution is -0.384. The molecule has 0 bridgehead atoms. The monoisotopic (exact) mass is 333 g/mol. The minimum atomic E-state index is -0.663. The molecule has 2 aromatic rings. The van der Waals surface area contributed by atoms with E-state index in [0.29, 0.717) is 11.3 Å². The van der Waals surface area contributed by atoms with Crippen LogP contribution in [0.4, 0.5) is 5.69 Å². The molecule has 0 aliphatic heterocycles. The average Bonchev–Trinajstić information content (AvgIpc) is 2.53. The Bertz CT molecular complexity index is 788. The second-order valence-corrected chi connectivity index (χ2v) is 5.02. The van der Waals surface area contributed by atoms with Crippen molar-refractivity contribution in [2.24, 2.45) is 5.10 Å². The third-order valence-electron chi connectivity index (χ3n) is 3.02. The standard InChI is InChI=1S/C15H12ClN3O4/c1-9(10-2-5-12(20)6-3-10)17-18-15(21)11-4-7-13(16)14(8-11)19(22)23/h2-8,20H,1H3,(H,18,21)/b17-9+. The van der Waals surface area contributed by atoms with Crippen molar-refractivity contribution in [1.29, 1.82) is 0 Å². The Balaban J connectivity index is 2.16. The molecule has 8 heteroatoms. The van der Waals surface area contributed by atoms with E-state index in [-0.39, 0.29) is 22.0 Å². The molecule has 0 aliphatic rings. The van der Waals surface area contributed by atoms with E-state index in [4.69, 9.17) is 11.6 Å². The molecule has 118 valence electrons. The average molecular weight is 334 g/mol. The van der Waals surface area contributed by atoms with E-state index in [9.17, 15) is 20.0 Å². The number of carbonyl (C=O) groups is 1. The summed E-state index contributed by atoms with van der Waals surface area (Å²) in [6.45, 7) is 1.68. The number of halogens is 1. The molecule has 0 unspecified atom stereocenters. The zero-order valence-electron chi connectivity index (χ0n) is 12.0. The summed E-state index contributed by atoms with van der Waals surface area (Å²) in [5.41, 5.74) is 3.27. The number of carbonyl (C=O) groups excluding carboxylic acids is 1. The van der Waals surface area contributed by atoms with Gasteiger partial charge in [0.25, 0.3) is 11.6 Å². The van der Waals surface area contributed by atoms with Crippen molar-refractivity contribution < 1.29 is 14.8 Å². The fourth-order valence-electron chi connectivity index (χ4n) is 1.76. The predicted octanol–water partition coefficient (Wildman–Crippen LogP) is 3.11. The number of phenols is 1. The van der Waals surface area contributed by atoms with E-state index >= 15 is 0 Å². The highest BCUT2D eigenvalue weighted by Crippen LogP contribution is 2.25. The van der Waals surface area contributed by atoms with E-state index in [2.05, 4.69) is 10.5 Å². The summed E-state index contributed by atoms with van der Waals surface area (Å²) in [5, 5.41) is 23.9. The predicted molar refractivity (Wildman–Crippen MR) is 85.9 cm³/mol. The molecule has 0 aromatic heterocycles. The lowest BCUT2D eigenvalue weighted by atomic mass is 10.1. The van der Waals surface area contributed by atoms with Crippen molar-refractivity contribution in [3.63, 3.8) is 0 Å². The fraction of sp³-hybridized carbons (Fsp3) is 0.0667. The first-order valence-electron chi connectivity index (χ1n) is 6.46. The van der Waals surface area contributed by atoms with Crippen LogP contribution in [0.2, 0.25) is 5.02 Å². The van der Waals surface area contributed by atoms with Crippen LogP contribution in [0, 0.1) is 10.1 Å². The van der Waals surface area contributed by atoms with Crippen LogP contribution in [0.3, 0.4) is 0 Å². The normalized spacial score (nSPS) is 11.1. The minimum absolute atomic E-state index is 0.0460. The van der Waals surface area contributed by atoms with E-state index in [1.807, 2.05) is 0 Å². The van der Waals surface area contributed by atoms with Crippen molar-refractivity contribution in [3.8, 4) is 5.75 Å². The number of rotatable bonds is 4. The highest BCUT2D eigenvalue weighted by Gasteiger charge is 2.16. The number of hydrazone groups is 1. The largest absolute Gasteiger partial charge is 0.508 e. The van der Waals surface area contributed by atoms with Gasteiger partial charge in [-0.3, -0.25) is 14.9 Å². The molecule has 0 spiro atoms. The van der Waals surface area contributed by atoms with Crippen LogP contribution in [0.25, 0.3) is 0 Å². The third-order valence-corrected chi connectivity index (χ3v) is 3.33. The zero-order valence-corrected chi connectivity index (χ0v) is 12.7. The Hall–Kier alpha value is -2.93. The molecule has 0 radical (unpaired) electrons. The third kappa shape index (κ3) is 4.04. The maximum absolute atomic E-state index is 12.0. The second-order valence-electron chi connectivity index (χ2n) is 4.61. The van der Waals surface area contributed by atoms with Gasteiger partial charge in [0, 0.05) is 11.6 Å². The number of phenolic OH excluding ortho intramolecular Hbond substituents is 1. The molecule has 0 saturated heterocycles. The van der Waals surface area contributed by atoms with Gasteiger partial charge in [-0.1, -0.05) is 11.6 Å². The molecule has 0 aliphatic carbocycles. The topological polar surface area (TPSA) is 105 Å². The van der Waals surface area contributed by atoms with E-state index in [1.54, 1.807) is 19.1 Å². The van der Waals surface area contributed by atoms with Gasteiger partial charge < -0.3 is 5.11 Å². The first kappa shape index (κ1) is 16.4. The summed E-state index contributed by atoms with van der Waals surface area (Å²) >= 11 is 5.69. The number of amides is 1. The highest BCUT2D eigenvalue weighted by atomic mass is 35.5. The summed E-state index contributed by atoms with van der Waals surface area (Å²) in [4.78, 5) is 22.2. The molecule has 2 rings (SSSR count). The number of nitrogens with one attached hydrogen (secondary N) is 1. The fourth-order valence-corrected chi connectivity index (χ4v) is 1.95. The van der Waals surface area contributed by atoms with E-state index < -0.39 is 10.8 Å². The van der Waals surface area contributed by atoms with Gasteiger partial charge in [0.2, 0.25) is 0 Å². The molecule has 23 heavy (non-hydrogen) atoms. The molecule has 1 amide bonds. The van der Waals surface area contributed by atoms with Gasteiger partial charge in [0.05, 0.1) is 10.6 Å². The first-order valence-corrected chi connectivity index (χ1v) is 6.84. The van der Waals surface area contributed by atoms with Crippen molar-refractivity contribution in [3.05, 3.63) is 68.7 Å². The Morgan fingerprint density at radius 3 is 2.43 bits per heavy atom. The van der Waals surface area contributed by atoms with Gasteiger partial charge in [-0.05, 0) is 48.9 Å². The number of nitrogens with zero attached hydrogens (tertiary/aromatic N) is 2. The molecule has 0 saturated carbocycles. The zero-order chi connectivity index (χ0) is 17.0. The summed E-state index contributed by atoms with van der Waals surface area (Å²) in [7, 11) is 0. The number of nitro benzene ring substituents is 1. The van der Waals surface area contributed by atoms with Crippen LogP contribution in [0.5, 0.6) is 5.75 Å². The molecular formula is C15H12ClN3O4. The molecule has 2 N–H and O–H groups in total. The van der Waals surface area contributed by atoms with Crippen LogP contribution in [0.1, 0.15) is 22.8 Å². The van der Waals surface area contributed by atoms with Crippen LogP contribution >= 0.6 is 11.6 Å². The van der Waals surface area contributed by atoms with E-state index in [1.165, 1.54) is 24.3 Å². The smallest absolute Gasteiger partial charge is 0.288 e. The Kier molecular flexibility index (Phi) is 4.92. The summed E-state index contributed by atoms with van der Waals surface area (Å²) in [5.74, 6) is -0.470. The Labute approximate surface area is 136 Å². The van der Waals surface area contributed by atoms with Gasteiger partial charge in [0.1, 0.15) is 10.8 Å². The van der Waals surface area contributed by atoms with E-state index in [0.717, 1.165) is 6.07 Å². The molecule has 0 heterocycles.